The summed E-state index contributed by atoms with van der Waals surface area (Å²) in [7, 11) is 0. The Morgan fingerprint density at radius 1 is 1.19 bits per heavy atom. The van der Waals surface area contributed by atoms with Crippen molar-refractivity contribution < 1.29 is 9.59 Å². The summed E-state index contributed by atoms with van der Waals surface area (Å²) in [6.07, 6.45) is 3.40. The average Bonchev–Trinajstić information content (AvgIpc) is 3.25. The Kier molecular flexibility index (Phi) is 3.27. The van der Waals surface area contributed by atoms with Gasteiger partial charge in [-0.15, -0.1) is 0 Å². The predicted octanol–water partition coefficient (Wildman–Crippen LogP) is 2.05. The molecule has 1 N–H and O–H groups in total. The molecule has 2 aliphatic rings. The van der Waals surface area contributed by atoms with Crippen LogP contribution in [0.25, 0.3) is 0 Å². The molecule has 1 heterocycles. The Morgan fingerprint density at radius 2 is 1.86 bits per heavy atom. The van der Waals surface area contributed by atoms with E-state index in [0.29, 0.717) is 6.54 Å². The van der Waals surface area contributed by atoms with Crippen LogP contribution < -0.4 is 5.32 Å². The molecule has 0 bridgehead atoms. The van der Waals surface area contributed by atoms with Gasteiger partial charge >= 0.3 is 0 Å². The van der Waals surface area contributed by atoms with Crippen molar-refractivity contribution in [3.8, 4) is 0 Å². The summed E-state index contributed by atoms with van der Waals surface area (Å²) in [5.41, 5.74) is 0.153. The smallest absolute Gasteiger partial charge is 0.253 e. The second-order valence-electron chi connectivity index (χ2n) is 6.55. The number of piperazine rings is 1. The maximum atomic E-state index is 12.9. The molecule has 1 saturated carbocycles. The van der Waals surface area contributed by atoms with Crippen molar-refractivity contribution in [2.24, 2.45) is 5.41 Å². The lowest BCUT2D eigenvalue weighted by Gasteiger charge is -2.41. The largest absolute Gasteiger partial charge is 0.337 e. The summed E-state index contributed by atoms with van der Waals surface area (Å²) in [6, 6.07) is 9.50. The molecule has 2 amide bonds. The third kappa shape index (κ3) is 2.43. The van der Waals surface area contributed by atoms with E-state index in [0.717, 1.165) is 24.8 Å². The van der Waals surface area contributed by atoms with Crippen LogP contribution in [0.4, 0.5) is 0 Å². The summed E-state index contributed by atoms with van der Waals surface area (Å²) in [6.45, 7) is 4.86. The van der Waals surface area contributed by atoms with Crippen LogP contribution in [-0.4, -0.2) is 29.8 Å². The fraction of sp³-hybridized carbons (Fsp3) is 0.529. The first-order valence-corrected chi connectivity index (χ1v) is 7.65. The summed E-state index contributed by atoms with van der Waals surface area (Å²) in [5.74, 6) is -0.0686. The van der Waals surface area contributed by atoms with Gasteiger partial charge in [-0.2, -0.15) is 0 Å². The number of rotatable bonds is 4. The molecule has 4 nitrogen and oxygen atoms in total. The number of nitrogens with zero attached hydrogens (tertiary/aromatic N) is 1. The average molecular weight is 286 g/mol. The highest BCUT2D eigenvalue weighted by Gasteiger charge is 2.49. The van der Waals surface area contributed by atoms with Crippen LogP contribution in [-0.2, 0) is 15.1 Å². The Bertz CT molecular complexity index is 565. The minimum atomic E-state index is -0.944. The predicted molar refractivity (Wildman–Crippen MR) is 80.5 cm³/mol. The topological polar surface area (TPSA) is 49.4 Å². The van der Waals surface area contributed by atoms with E-state index in [1.54, 1.807) is 11.8 Å². The minimum Gasteiger partial charge on any atom is -0.337 e. The highest BCUT2D eigenvalue weighted by molar-refractivity contribution is 5.98. The first-order valence-electron chi connectivity index (χ1n) is 7.65. The Hall–Kier alpha value is -1.84. The van der Waals surface area contributed by atoms with Crippen LogP contribution >= 0.6 is 0 Å². The van der Waals surface area contributed by atoms with Crippen LogP contribution in [0.5, 0.6) is 0 Å². The molecule has 0 radical (unpaired) electrons. The SMILES string of the molecule is CCC1(CN2CC(=O)NC(C)(c3ccccc3)C2=O)CC1. The molecule has 1 aliphatic heterocycles. The highest BCUT2D eigenvalue weighted by Crippen LogP contribution is 2.49. The Balaban J connectivity index is 1.88. The molecule has 21 heavy (non-hydrogen) atoms. The number of nitrogens with one attached hydrogen (secondary N) is 1. The minimum absolute atomic E-state index is 0.00743. The van der Waals surface area contributed by atoms with E-state index in [-0.39, 0.29) is 23.8 Å². The zero-order chi connectivity index (χ0) is 15.1. The maximum absolute atomic E-state index is 12.9. The molecular weight excluding hydrogens is 264 g/mol. The molecule has 0 aromatic heterocycles. The number of benzene rings is 1. The van der Waals surface area contributed by atoms with Gasteiger partial charge in [-0.3, -0.25) is 9.59 Å². The van der Waals surface area contributed by atoms with Gasteiger partial charge in [0.25, 0.3) is 5.91 Å². The molecule has 112 valence electrons. The van der Waals surface area contributed by atoms with Crippen molar-refractivity contribution >= 4 is 11.8 Å². The quantitative estimate of drug-likeness (QED) is 0.921. The van der Waals surface area contributed by atoms with Gasteiger partial charge in [0.2, 0.25) is 5.91 Å². The lowest BCUT2D eigenvalue weighted by Crippen LogP contribution is -2.64. The maximum Gasteiger partial charge on any atom is 0.253 e. The van der Waals surface area contributed by atoms with Crippen molar-refractivity contribution in [3.05, 3.63) is 35.9 Å². The van der Waals surface area contributed by atoms with E-state index in [2.05, 4.69) is 12.2 Å². The molecule has 1 aromatic rings. The number of amides is 2. The first kappa shape index (κ1) is 14.1. The number of hydrogen-bond acceptors (Lipinski definition) is 2. The van der Waals surface area contributed by atoms with Gasteiger partial charge in [0.05, 0.1) is 6.54 Å². The van der Waals surface area contributed by atoms with Crippen molar-refractivity contribution in [3.63, 3.8) is 0 Å². The lowest BCUT2D eigenvalue weighted by molar-refractivity contribution is -0.150. The van der Waals surface area contributed by atoms with Crippen LogP contribution in [0.15, 0.2) is 30.3 Å². The van der Waals surface area contributed by atoms with E-state index in [1.807, 2.05) is 30.3 Å². The molecule has 1 aromatic carbocycles. The van der Waals surface area contributed by atoms with Gasteiger partial charge in [0.15, 0.2) is 0 Å². The standard InChI is InChI=1S/C17H22N2O2/c1-3-17(9-10-17)12-19-11-14(20)18-16(2,15(19)21)13-7-5-4-6-8-13/h4-8H,3,9-12H2,1-2H3,(H,18,20). The summed E-state index contributed by atoms with van der Waals surface area (Å²) in [4.78, 5) is 26.8. The van der Waals surface area contributed by atoms with Gasteiger partial charge in [-0.05, 0) is 37.2 Å². The van der Waals surface area contributed by atoms with E-state index >= 15 is 0 Å². The molecular formula is C17H22N2O2. The second kappa shape index (κ2) is 4.86. The highest BCUT2D eigenvalue weighted by atomic mass is 16.2. The number of hydrogen-bond donors (Lipinski definition) is 1. The van der Waals surface area contributed by atoms with Gasteiger partial charge in [-0.25, -0.2) is 0 Å². The summed E-state index contributed by atoms with van der Waals surface area (Å²) in [5, 5.41) is 2.88. The Labute approximate surface area is 125 Å². The zero-order valence-corrected chi connectivity index (χ0v) is 12.7. The normalized spacial score (nSPS) is 27.4. The van der Waals surface area contributed by atoms with Crippen LogP contribution in [0.2, 0.25) is 0 Å². The van der Waals surface area contributed by atoms with Crippen LogP contribution in [0.3, 0.4) is 0 Å². The molecule has 1 atom stereocenters. The zero-order valence-electron chi connectivity index (χ0n) is 12.7. The van der Waals surface area contributed by atoms with Crippen molar-refractivity contribution in [1.29, 1.82) is 0 Å². The second-order valence-corrected chi connectivity index (χ2v) is 6.55. The van der Waals surface area contributed by atoms with E-state index in [1.165, 1.54) is 0 Å². The van der Waals surface area contributed by atoms with Crippen LogP contribution in [0.1, 0.15) is 38.7 Å². The fourth-order valence-electron chi connectivity index (χ4n) is 3.23. The third-order valence-corrected chi connectivity index (χ3v) is 5.02. The molecule has 4 heteroatoms. The molecule has 1 unspecified atom stereocenters. The van der Waals surface area contributed by atoms with E-state index < -0.39 is 5.54 Å². The van der Waals surface area contributed by atoms with Crippen LogP contribution in [0, 0.1) is 5.41 Å². The Morgan fingerprint density at radius 3 is 2.43 bits per heavy atom. The molecule has 1 saturated heterocycles. The summed E-state index contributed by atoms with van der Waals surface area (Å²) < 4.78 is 0. The molecule has 3 rings (SSSR count). The van der Waals surface area contributed by atoms with Crippen molar-refractivity contribution in [1.82, 2.24) is 10.2 Å². The van der Waals surface area contributed by atoms with E-state index in [4.69, 9.17) is 0 Å². The third-order valence-electron chi connectivity index (χ3n) is 5.02. The van der Waals surface area contributed by atoms with Crippen molar-refractivity contribution in [2.45, 2.75) is 38.6 Å². The molecule has 2 fully saturated rings. The number of carbonyl (C=O) groups is 2. The summed E-state index contributed by atoms with van der Waals surface area (Å²) >= 11 is 0. The fourth-order valence-corrected chi connectivity index (χ4v) is 3.23. The van der Waals surface area contributed by atoms with Crippen molar-refractivity contribution in [2.75, 3.05) is 13.1 Å². The van der Waals surface area contributed by atoms with Gasteiger partial charge < -0.3 is 10.2 Å². The first-order chi connectivity index (χ1) is 9.99. The van der Waals surface area contributed by atoms with Gasteiger partial charge in [-0.1, -0.05) is 37.3 Å². The molecule has 1 aliphatic carbocycles. The monoisotopic (exact) mass is 286 g/mol. The lowest BCUT2D eigenvalue weighted by atomic mass is 9.87. The van der Waals surface area contributed by atoms with Gasteiger partial charge in [0.1, 0.15) is 5.54 Å². The van der Waals surface area contributed by atoms with E-state index in [9.17, 15) is 9.59 Å². The molecule has 0 spiro atoms. The number of carbonyl (C=O) groups excluding carboxylic acids is 2. The van der Waals surface area contributed by atoms with Gasteiger partial charge in [0, 0.05) is 6.54 Å².